The number of likely N-dealkylation sites (tertiary alicyclic amines) is 1. The Kier molecular flexibility index (Phi) is 5.02. The normalized spacial score (nSPS) is 26.3. The molecule has 5 nitrogen and oxygen atoms in total. The summed E-state index contributed by atoms with van der Waals surface area (Å²) in [5.74, 6) is 0.0845. The molecule has 1 heterocycles. The topological polar surface area (TPSA) is 61.8 Å². The molecule has 2 N–H and O–H groups in total. The Morgan fingerprint density at radius 1 is 1.03 bits per heavy atom. The lowest BCUT2D eigenvalue weighted by molar-refractivity contribution is 0.125. The molecule has 1 amide bonds. The van der Waals surface area contributed by atoms with Crippen LogP contribution in [-0.4, -0.2) is 54.0 Å². The van der Waals surface area contributed by atoms with Crippen LogP contribution in [0.3, 0.4) is 0 Å². The fourth-order valence-corrected chi connectivity index (χ4v) is 5.41. The summed E-state index contributed by atoms with van der Waals surface area (Å²) in [4.78, 5) is 14.9. The number of aliphatic hydroxyl groups is 1. The predicted octanol–water partition coefficient (Wildman–Crippen LogP) is 3.51. The van der Waals surface area contributed by atoms with Gasteiger partial charge >= 0.3 is 6.09 Å². The molecule has 2 aliphatic carbocycles. The molecule has 0 aromatic heterocycles. The quantitative estimate of drug-likeness (QED) is 0.836. The average Bonchev–Trinajstić information content (AvgIpc) is 3.44. The van der Waals surface area contributed by atoms with Gasteiger partial charge in [0, 0.05) is 31.1 Å². The summed E-state index contributed by atoms with van der Waals surface area (Å²) in [7, 11) is 0. The molecule has 152 valence electrons. The lowest BCUT2D eigenvalue weighted by Gasteiger charge is -2.29. The van der Waals surface area contributed by atoms with Gasteiger partial charge in [-0.05, 0) is 47.9 Å². The van der Waals surface area contributed by atoms with Crippen molar-refractivity contribution in [2.45, 2.75) is 49.8 Å². The number of hydrogen-bond acceptors (Lipinski definition) is 4. The van der Waals surface area contributed by atoms with Crippen molar-refractivity contribution in [3.8, 4) is 11.1 Å². The second-order valence-corrected chi connectivity index (χ2v) is 8.51. The maximum atomic E-state index is 12.6. The first-order valence-electron chi connectivity index (χ1n) is 10.7. The zero-order chi connectivity index (χ0) is 19.8. The fraction of sp³-hybridized carbons (Fsp3) is 0.458. The molecule has 3 atom stereocenters. The third-order valence-corrected chi connectivity index (χ3v) is 6.79. The Hall–Kier alpha value is -2.37. The van der Waals surface area contributed by atoms with Crippen LogP contribution in [0.4, 0.5) is 4.79 Å². The number of aliphatic hydroxyl groups excluding tert-OH is 1. The molecule has 1 saturated carbocycles. The summed E-state index contributed by atoms with van der Waals surface area (Å²) in [6.07, 6.45) is 3.41. The summed E-state index contributed by atoms with van der Waals surface area (Å²) in [5, 5.41) is 12.9. The lowest BCUT2D eigenvalue weighted by atomic mass is 9.98. The van der Waals surface area contributed by atoms with Crippen molar-refractivity contribution in [2.24, 2.45) is 0 Å². The molecule has 29 heavy (non-hydrogen) atoms. The van der Waals surface area contributed by atoms with Crippen molar-refractivity contribution >= 4 is 6.09 Å². The Labute approximate surface area is 171 Å². The number of nitrogens with one attached hydrogen (secondary N) is 1. The summed E-state index contributed by atoms with van der Waals surface area (Å²) in [6, 6.07) is 17.2. The Bertz CT molecular complexity index is 854. The number of alkyl carbamates (subject to hydrolysis) is 1. The number of hydrogen-bond donors (Lipinski definition) is 2. The van der Waals surface area contributed by atoms with Crippen LogP contribution < -0.4 is 5.32 Å². The van der Waals surface area contributed by atoms with E-state index in [1.807, 2.05) is 12.1 Å². The monoisotopic (exact) mass is 392 g/mol. The van der Waals surface area contributed by atoms with Gasteiger partial charge in [0.2, 0.25) is 0 Å². The van der Waals surface area contributed by atoms with Gasteiger partial charge in [-0.1, -0.05) is 48.5 Å². The first kappa shape index (κ1) is 18.6. The molecular formula is C24H28N2O3. The summed E-state index contributed by atoms with van der Waals surface area (Å²) < 4.78 is 5.72. The van der Waals surface area contributed by atoms with E-state index in [4.69, 9.17) is 4.74 Å². The highest BCUT2D eigenvalue weighted by atomic mass is 16.5. The van der Waals surface area contributed by atoms with E-state index in [0.29, 0.717) is 19.2 Å². The van der Waals surface area contributed by atoms with E-state index in [1.54, 1.807) is 0 Å². The molecule has 0 radical (unpaired) electrons. The summed E-state index contributed by atoms with van der Waals surface area (Å²) in [5.41, 5.74) is 4.93. The first-order chi connectivity index (χ1) is 14.2. The second kappa shape index (κ2) is 7.81. The Morgan fingerprint density at radius 3 is 2.38 bits per heavy atom. The minimum Gasteiger partial charge on any atom is -0.449 e. The highest BCUT2D eigenvalue weighted by Crippen LogP contribution is 2.44. The van der Waals surface area contributed by atoms with Gasteiger partial charge in [-0.2, -0.15) is 0 Å². The number of nitrogens with zero attached hydrogens (tertiary/aromatic N) is 1. The van der Waals surface area contributed by atoms with Crippen LogP contribution in [0.15, 0.2) is 48.5 Å². The highest BCUT2D eigenvalue weighted by Gasteiger charge is 2.37. The predicted molar refractivity (Wildman–Crippen MR) is 112 cm³/mol. The van der Waals surface area contributed by atoms with Gasteiger partial charge < -0.3 is 15.2 Å². The summed E-state index contributed by atoms with van der Waals surface area (Å²) >= 11 is 0. The van der Waals surface area contributed by atoms with Crippen LogP contribution in [0.5, 0.6) is 0 Å². The van der Waals surface area contributed by atoms with Gasteiger partial charge in [-0.3, -0.25) is 4.90 Å². The van der Waals surface area contributed by atoms with Gasteiger partial charge in [0.25, 0.3) is 0 Å². The second-order valence-electron chi connectivity index (χ2n) is 8.51. The highest BCUT2D eigenvalue weighted by molar-refractivity contribution is 5.79. The molecule has 2 aromatic carbocycles. The van der Waals surface area contributed by atoms with E-state index in [0.717, 1.165) is 32.2 Å². The molecule has 5 heteroatoms. The van der Waals surface area contributed by atoms with Gasteiger partial charge in [-0.25, -0.2) is 4.79 Å². The number of fused-ring (bicyclic) bond motifs is 3. The minimum atomic E-state index is -0.330. The van der Waals surface area contributed by atoms with Crippen molar-refractivity contribution in [3.05, 3.63) is 59.7 Å². The number of ether oxygens (including phenoxy) is 1. The summed E-state index contributed by atoms with van der Waals surface area (Å²) in [6.45, 7) is 1.97. The Balaban J connectivity index is 1.23. The van der Waals surface area contributed by atoms with Crippen molar-refractivity contribution in [1.82, 2.24) is 10.2 Å². The molecule has 1 saturated heterocycles. The van der Waals surface area contributed by atoms with E-state index >= 15 is 0 Å². The zero-order valence-corrected chi connectivity index (χ0v) is 16.6. The molecule has 1 aliphatic heterocycles. The van der Waals surface area contributed by atoms with Crippen molar-refractivity contribution < 1.29 is 14.6 Å². The molecule has 2 aromatic rings. The van der Waals surface area contributed by atoms with Gasteiger partial charge in [0.1, 0.15) is 6.61 Å². The van der Waals surface area contributed by atoms with Crippen LogP contribution in [0.1, 0.15) is 42.7 Å². The smallest absolute Gasteiger partial charge is 0.407 e. The van der Waals surface area contributed by atoms with Gasteiger partial charge in [0.15, 0.2) is 0 Å². The van der Waals surface area contributed by atoms with E-state index in [-0.39, 0.29) is 24.2 Å². The third kappa shape index (κ3) is 3.53. The number of carbonyl (C=O) groups excluding carboxylic acids is 1. The average molecular weight is 392 g/mol. The van der Waals surface area contributed by atoms with Crippen molar-refractivity contribution in [2.75, 3.05) is 19.7 Å². The number of rotatable bonds is 4. The SMILES string of the molecule is O=C(N[C@H]1CCC[C@H]1N1CCC(O)C1)OCC1c2ccccc2-c2ccccc21. The molecule has 5 rings (SSSR count). The molecule has 1 unspecified atom stereocenters. The first-order valence-corrected chi connectivity index (χ1v) is 10.7. The largest absolute Gasteiger partial charge is 0.449 e. The van der Waals surface area contributed by atoms with Crippen LogP contribution in [0, 0.1) is 0 Å². The maximum absolute atomic E-state index is 12.6. The van der Waals surface area contributed by atoms with E-state index in [2.05, 4.69) is 46.6 Å². The van der Waals surface area contributed by atoms with E-state index in [1.165, 1.54) is 22.3 Å². The van der Waals surface area contributed by atoms with E-state index in [9.17, 15) is 9.90 Å². The Morgan fingerprint density at radius 2 is 1.72 bits per heavy atom. The molecule has 0 spiro atoms. The lowest BCUT2D eigenvalue weighted by Crippen LogP contribution is -2.48. The van der Waals surface area contributed by atoms with Gasteiger partial charge in [-0.15, -0.1) is 0 Å². The van der Waals surface area contributed by atoms with Crippen molar-refractivity contribution in [3.63, 3.8) is 0 Å². The molecular weight excluding hydrogens is 364 g/mol. The zero-order valence-electron chi connectivity index (χ0n) is 16.6. The standard InChI is InChI=1S/C24H28N2O3/c27-16-12-13-26(14-16)23-11-5-10-22(23)25-24(28)29-15-21-19-8-3-1-6-17(19)18-7-2-4-9-20(18)21/h1-4,6-9,16,21-23,27H,5,10-15H2,(H,25,28)/t16?,22-,23+/m0/s1. The molecule has 3 aliphatic rings. The maximum Gasteiger partial charge on any atom is 0.407 e. The van der Waals surface area contributed by atoms with Crippen LogP contribution in [-0.2, 0) is 4.74 Å². The van der Waals surface area contributed by atoms with Crippen LogP contribution >= 0.6 is 0 Å². The molecule has 2 fully saturated rings. The van der Waals surface area contributed by atoms with Gasteiger partial charge in [0.05, 0.1) is 6.10 Å². The van der Waals surface area contributed by atoms with Crippen LogP contribution in [0.25, 0.3) is 11.1 Å². The number of carbonyl (C=O) groups is 1. The number of amides is 1. The van der Waals surface area contributed by atoms with Crippen LogP contribution in [0.2, 0.25) is 0 Å². The third-order valence-electron chi connectivity index (χ3n) is 6.79. The molecule has 0 bridgehead atoms. The fourth-order valence-electron chi connectivity index (χ4n) is 5.41. The minimum absolute atomic E-state index is 0.0845. The number of benzene rings is 2. The van der Waals surface area contributed by atoms with Crippen molar-refractivity contribution in [1.29, 1.82) is 0 Å². The number of β-amino-alcohol motifs (C(OH)–C–C–N with tert-alkyl or cyclic N) is 1. The van der Waals surface area contributed by atoms with E-state index < -0.39 is 0 Å².